The zero-order valence-electron chi connectivity index (χ0n) is 12.8. The predicted octanol–water partition coefficient (Wildman–Crippen LogP) is 2.54. The Labute approximate surface area is 132 Å². The molecule has 0 N–H and O–H groups in total. The van der Waals surface area contributed by atoms with E-state index in [2.05, 4.69) is 15.2 Å². The van der Waals surface area contributed by atoms with Crippen molar-refractivity contribution in [2.45, 2.75) is 26.5 Å². The van der Waals surface area contributed by atoms with Gasteiger partial charge in [-0.25, -0.2) is 4.79 Å². The third-order valence-corrected chi connectivity index (χ3v) is 3.23. The molecule has 3 aromatic rings. The SMILES string of the molecule is Cc1noc(C(C)OC(=O)c2cnn(Cc3ccccc3)c2)n1. The van der Waals surface area contributed by atoms with Gasteiger partial charge in [-0.1, -0.05) is 35.5 Å². The molecule has 0 aliphatic heterocycles. The van der Waals surface area contributed by atoms with Crippen LogP contribution in [-0.2, 0) is 11.3 Å². The van der Waals surface area contributed by atoms with Crippen molar-refractivity contribution < 1.29 is 14.1 Å². The molecule has 1 aromatic carbocycles. The molecule has 118 valence electrons. The minimum absolute atomic E-state index is 0.271. The highest BCUT2D eigenvalue weighted by atomic mass is 16.6. The van der Waals surface area contributed by atoms with Crippen molar-refractivity contribution >= 4 is 5.97 Å². The van der Waals surface area contributed by atoms with Crippen LogP contribution in [0.4, 0.5) is 0 Å². The van der Waals surface area contributed by atoms with E-state index < -0.39 is 12.1 Å². The molecule has 7 nitrogen and oxygen atoms in total. The molecule has 0 aliphatic rings. The van der Waals surface area contributed by atoms with Crippen LogP contribution in [-0.4, -0.2) is 25.9 Å². The van der Waals surface area contributed by atoms with E-state index in [9.17, 15) is 4.79 Å². The molecular weight excluding hydrogens is 296 g/mol. The van der Waals surface area contributed by atoms with Gasteiger partial charge in [0.15, 0.2) is 11.9 Å². The molecule has 0 amide bonds. The summed E-state index contributed by atoms with van der Waals surface area (Å²) in [5.74, 6) is 0.291. The van der Waals surface area contributed by atoms with Crippen LogP contribution in [0, 0.1) is 6.92 Å². The Bertz CT molecular complexity index is 795. The van der Waals surface area contributed by atoms with Crippen LogP contribution in [0.5, 0.6) is 0 Å². The Morgan fingerprint density at radius 3 is 2.83 bits per heavy atom. The molecule has 1 atom stereocenters. The Morgan fingerprint density at radius 2 is 2.13 bits per heavy atom. The molecule has 0 saturated carbocycles. The maximum atomic E-state index is 12.1. The molecule has 0 radical (unpaired) electrons. The number of carbonyl (C=O) groups is 1. The molecule has 0 saturated heterocycles. The van der Waals surface area contributed by atoms with Gasteiger partial charge < -0.3 is 9.26 Å². The molecule has 7 heteroatoms. The maximum Gasteiger partial charge on any atom is 0.342 e. The number of aryl methyl sites for hydroxylation is 1. The van der Waals surface area contributed by atoms with E-state index in [1.165, 1.54) is 6.20 Å². The third kappa shape index (κ3) is 3.63. The van der Waals surface area contributed by atoms with Crippen molar-refractivity contribution in [3.05, 3.63) is 65.6 Å². The first-order chi connectivity index (χ1) is 11.1. The summed E-state index contributed by atoms with van der Waals surface area (Å²) in [5.41, 5.74) is 1.48. The summed E-state index contributed by atoms with van der Waals surface area (Å²) in [4.78, 5) is 16.2. The lowest BCUT2D eigenvalue weighted by Gasteiger charge is -2.07. The quantitative estimate of drug-likeness (QED) is 0.673. The summed E-state index contributed by atoms with van der Waals surface area (Å²) in [7, 11) is 0. The first-order valence-corrected chi connectivity index (χ1v) is 7.19. The molecule has 0 bridgehead atoms. The zero-order chi connectivity index (χ0) is 16.2. The van der Waals surface area contributed by atoms with Crippen LogP contribution in [0.1, 0.15) is 40.7 Å². The molecule has 0 spiro atoms. The minimum atomic E-state index is -0.610. The zero-order valence-corrected chi connectivity index (χ0v) is 12.8. The van der Waals surface area contributed by atoms with Crippen molar-refractivity contribution in [3.8, 4) is 0 Å². The van der Waals surface area contributed by atoms with E-state index in [4.69, 9.17) is 9.26 Å². The van der Waals surface area contributed by atoms with Gasteiger partial charge in [0.05, 0.1) is 18.3 Å². The van der Waals surface area contributed by atoms with Gasteiger partial charge in [-0.3, -0.25) is 4.68 Å². The second-order valence-electron chi connectivity index (χ2n) is 5.14. The van der Waals surface area contributed by atoms with Gasteiger partial charge in [0.1, 0.15) is 0 Å². The van der Waals surface area contributed by atoms with E-state index in [1.807, 2.05) is 30.3 Å². The molecule has 0 fully saturated rings. The highest BCUT2D eigenvalue weighted by Gasteiger charge is 2.19. The number of carbonyl (C=O) groups excluding carboxylic acids is 1. The number of aromatic nitrogens is 4. The summed E-state index contributed by atoms with van der Waals surface area (Å²) < 4.78 is 12.0. The number of esters is 1. The average Bonchev–Trinajstić information content (AvgIpc) is 3.17. The fourth-order valence-electron chi connectivity index (χ4n) is 2.08. The first-order valence-electron chi connectivity index (χ1n) is 7.19. The number of rotatable bonds is 5. The van der Waals surface area contributed by atoms with Crippen molar-refractivity contribution in [1.82, 2.24) is 19.9 Å². The van der Waals surface area contributed by atoms with E-state index >= 15 is 0 Å². The van der Waals surface area contributed by atoms with Gasteiger partial charge in [-0.15, -0.1) is 0 Å². The lowest BCUT2D eigenvalue weighted by Crippen LogP contribution is -2.09. The van der Waals surface area contributed by atoms with Gasteiger partial charge in [0.25, 0.3) is 5.89 Å². The molecule has 0 aliphatic carbocycles. The number of nitrogens with zero attached hydrogens (tertiary/aromatic N) is 4. The number of hydrogen-bond acceptors (Lipinski definition) is 6. The Balaban J connectivity index is 1.64. The van der Waals surface area contributed by atoms with Crippen LogP contribution in [0.25, 0.3) is 0 Å². The van der Waals surface area contributed by atoms with Crippen molar-refractivity contribution in [2.24, 2.45) is 0 Å². The molecule has 3 rings (SSSR count). The Morgan fingerprint density at radius 1 is 1.35 bits per heavy atom. The summed E-state index contributed by atoms with van der Waals surface area (Å²) in [6.45, 7) is 3.97. The van der Waals surface area contributed by atoms with Gasteiger partial charge in [0, 0.05) is 6.20 Å². The summed E-state index contributed by atoms with van der Waals surface area (Å²) >= 11 is 0. The average molecular weight is 312 g/mol. The smallest absolute Gasteiger partial charge is 0.342 e. The number of benzene rings is 1. The van der Waals surface area contributed by atoms with Crippen LogP contribution < -0.4 is 0 Å². The Kier molecular flexibility index (Phi) is 4.18. The number of ether oxygens (including phenoxy) is 1. The number of hydrogen-bond donors (Lipinski definition) is 0. The second-order valence-corrected chi connectivity index (χ2v) is 5.14. The Hall–Kier alpha value is -2.96. The van der Waals surface area contributed by atoms with Crippen LogP contribution in [0.2, 0.25) is 0 Å². The monoisotopic (exact) mass is 312 g/mol. The van der Waals surface area contributed by atoms with Crippen molar-refractivity contribution in [2.75, 3.05) is 0 Å². The fourth-order valence-corrected chi connectivity index (χ4v) is 2.08. The van der Waals surface area contributed by atoms with Crippen molar-refractivity contribution in [3.63, 3.8) is 0 Å². The summed E-state index contributed by atoms with van der Waals surface area (Å²) in [6, 6.07) is 9.87. The molecular formula is C16H16N4O3. The van der Waals surface area contributed by atoms with E-state index in [0.29, 0.717) is 17.9 Å². The lowest BCUT2D eigenvalue weighted by molar-refractivity contribution is 0.0265. The largest absolute Gasteiger partial charge is 0.449 e. The maximum absolute atomic E-state index is 12.1. The van der Waals surface area contributed by atoms with E-state index in [-0.39, 0.29) is 5.89 Å². The van der Waals surface area contributed by atoms with E-state index in [0.717, 1.165) is 5.56 Å². The third-order valence-electron chi connectivity index (χ3n) is 3.23. The van der Waals surface area contributed by atoms with E-state index in [1.54, 1.807) is 24.7 Å². The topological polar surface area (TPSA) is 83.0 Å². The molecule has 23 heavy (non-hydrogen) atoms. The minimum Gasteiger partial charge on any atom is -0.449 e. The van der Waals surface area contributed by atoms with Gasteiger partial charge in [-0.2, -0.15) is 10.1 Å². The van der Waals surface area contributed by atoms with Gasteiger partial charge in [-0.05, 0) is 19.4 Å². The van der Waals surface area contributed by atoms with Crippen molar-refractivity contribution in [1.29, 1.82) is 0 Å². The second kappa shape index (κ2) is 6.43. The van der Waals surface area contributed by atoms with Crippen LogP contribution in [0.3, 0.4) is 0 Å². The summed E-state index contributed by atoms with van der Waals surface area (Å²) in [5, 5.41) is 7.86. The first kappa shape index (κ1) is 15.0. The lowest BCUT2D eigenvalue weighted by atomic mass is 10.2. The van der Waals surface area contributed by atoms with Gasteiger partial charge in [0.2, 0.25) is 0 Å². The summed E-state index contributed by atoms with van der Waals surface area (Å²) in [6.07, 6.45) is 2.53. The molecule has 2 heterocycles. The normalized spacial score (nSPS) is 12.1. The fraction of sp³-hybridized carbons (Fsp3) is 0.250. The predicted molar refractivity (Wildman–Crippen MR) is 80.6 cm³/mol. The molecule has 1 unspecified atom stereocenters. The van der Waals surface area contributed by atoms with Crippen LogP contribution >= 0.6 is 0 Å². The van der Waals surface area contributed by atoms with Crippen LogP contribution in [0.15, 0.2) is 47.2 Å². The highest BCUT2D eigenvalue weighted by molar-refractivity contribution is 5.88. The molecule has 2 aromatic heterocycles. The standard InChI is InChI=1S/C16H16N4O3/c1-11(15-18-12(2)19-23-15)22-16(21)14-8-17-20(10-14)9-13-6-4-3-5-7-13/h3-8,10-11H,9H2,1-2H3. The van der Waals surface area contributed by atoms with Gasteiger partial charge >= 0.3 is 5.97 Å². The highest BCUT2D eigenvalue weighted by Crippen LogP contribution is 2.16.